The second-order valence-corrected chi connectivity index (χ2v) is 6.54. The van der Waals surface area contributed by atoms with E-state index in [-0.39, 0.29) is 12.3 Å². The fourth-order valence-corrected chi connectivity index (χ4v) is 3.03. The van der Waals surface area contributed by atoms with Crippen molar-refractivity contribution in [1.82, 2.24) is 19.7 Å². The summed E-state index contributed by atoms with van der Waals surface area (Å²) in [5.74, 6) is -0.398. The predicted molar refractivity (Wildman–Crippen MR) is 111 cm³/mol. The molecule has 4 aromatic rings. The van der Waals surface area contributed by atoms with Crippen LogP contribution >= 0.6 is 0 Å². The summed E-state index contributed by atoms with van der Waals surface area (Å²) in [6.45, 7) is 0. The van der Waals surface area contributed by atoms with Crippen molar-refractivity contribution in [3.05, 3.63) is 84.4 Å². The van der Waals surface area contributed by atoms with Crippen molar-refractivity contribution in [2.75, 3.05) is 12.4 Å². The lowest BCUT2D eigenvalue weighted by molar-refractivity contribution is -0.139. The van der Waals surface area contributed by atoms with Gasteiger partial charge in [0.2, 0.25) is 5.95 Å². The lowest BCUT2D eigenvalue weighted by atomic mass is 10.1. The first-order valence-corrected chi connectivity index (χ1v) is 9.25. The monoisotopic (exact) mass is 401 g/mol. The molecule has 4 rings (SSSR count). The number of anilines is 1. The number of ether oxygens (including phenoxy) is 1. The number of aromatic amines is 1. The number of hydrogen-bond acceptors (Lipinski definition) is 5. The number of H-pyrrole nitrogens is 1. The summed E-state index contributed by atoms with van der Waals surface area (Å²) in [5, 5.41) is 9.55. The molecule has 0 aliphatic rings. The highest BCUT2D eigenvalue weighted by atomic mass is 16.5. The zero-order valence-corrected chi connectivity index (χ0v) is 16.2. The van der Waals surface area contributed by atoms with Crippen molar-refractivity contribution < 1.29 is 14.3 Å². The molecule has 0 aliphatic carbocycles. The Labute approximate surface area is 172 Å². The second-order valence-electron chi connectivity index (χ2n) is 6.54. The molecule has 2 N–H and O–H groups in total. The number of aromatic nitrogens is 4. The van der Waals surface area contributed by atoms with Crippen LogP contribution < -0.4 is 5.32 Å². The first-order valence-electron chi connectivity index (χ1n) is 9.25. The van der Waals surface area contributed by atoms with Gasteiger partial charge in [-0.05, 0) is 29.8 Å². The van der Waals surface area contributed by atoms with Gasteiger partial charge in [-0.3, -0.25) is 24.6 Å². The minimum absolute atomic E-state index is 0.00911. The standard InChI is InChI=1S/C22H19N5O3/c1-30-20(28)11-18-14-27(19-8-3-2-4-9-19)22(25-18)26-21(29)16-7-5-6-15(10-16)17-12-23-24-13-17/h2-10,12-14H,11H2,1H3,(H,23,24)(H,25,26,29). The zero-order valence-electron chi connectivity index (χ0n) is 16.2. The van der Waals surface area contributed by atoms with E-state index in [0.29, 0.717) is 17.2 Å². The van der Waals surface area contributed by atoms with Gasteiger partial charge in [-0.25, -0.2) is 4.98 Å². The average molecular weight is 401 g/mol. The molecule has 8 nitrogen and oxygen atoms in total. The largest absolute Gasteiger partial charge is 0.469 e. The summed E-state index contributed by atoms with van der Waals surface area (Å²) < 4.78 is 6.46. The highest BCUT2D eigenvalue weighted by molar-refractivity contribution is 6.04. The zero-order chi connectivity index (χ0) is 20.9. The van der Waals surface area contributed by atoms with Crippen LogP contribution in [0.15, 0.2) is 73.2 Å². The van der Waals surface area contributed by atoms with E-state index < -0.39 is 5.97 Å². The van der Waals surface area contributed by atoms with Crippen LogP contribution in [-0.2, 0) is 16.0 Å². The van der Waals surface area contributed by atoms with Crippen LogP contribution in [0.4, 0.5) is 5.95 Å². The van der Waals surface area contributed by atoms with Crippen LogP contribution in [0.2, 0.25) is 0 Å². The number of methoxy groups -OCH3 is 1. The van der Waals surface area contributed by atoms with E-state index in [1.807, 2.05) is 42.5 Å². The third kappa shape index (κ3) is 4.12. The van der Waals surface area contributed by atoms with Crippen molar-refractivity contribution in [3.63, 3.8) is 0 Å². The molecule has 0 saturated carbocycles. The number of amides is 1. The molecule has 0 bridgehead atoms. The van der Waals surface area contributed by atoms with Gasteiger partial charge in [0, 0.05) is 29.2 Å². The van der Waals surface area contributed by atoms with E-state index in [0.717, 1.165) is 16.8 Å². The van der Waals surface area contributed by atoms with E-state index in [4.69, 9.17) is 4.74 Å². The summed E-state index contributed by atoms with van der Waals surface area (Å²) in [6.07, 6.45) is 5.18. The molecule has 2 aromatic carbocycles. The number of hydrogen-bond donors (Lipinski definition) is 2. The molecule has 30 heavy (non-hydrogen) atoms. The molecule has 2 heterocycles. The van der Waals surface area contributed by atoms with E-state index >= 15 is 0 Å². The Morgan fingerprint density at radius 2 is 1.93 bits per heavy atom. The van der Waals surface area contributed by atoms with Gasteiger partial charge in [-0.1, -0.05) is 30.3 Å². The fraction of sp³-hybridized carbons (Fsp3) is 0.0909. The number of para-hydroxylation sites is 1. The lowest BCUT2D eigenvalue weighted by Gasteiger charge is -2.09. The van der Waals surface area contributed by atoms with E-state index in [1.54, 1.807) is 35.3 Å². The topological polar surface area (TPSA) is 102 Å². The Bertz CT molecular complexity index is 1170. The fourth-order valence-electron chi connectivity index (χ4n) is 3.03. The highest BCUT2D eigenvalue weighted by Crippen LogP contribution is 2.21. The summed E-state index contributed by atoms with van der Waals surface area (Å²) in [6, 6.07) is 16.7. The van der Waals surface area contributed by atoms with Crippen molar-refractivity contribution in [3.8, 4) is 16.8 Å². The quantitative estimate of drug-likeness (QED) is 0.483. The smallest absolute Gasteiger partial charge is 0.311 e. The molecule has 0 atom stereocenters. The van der Waals surface area contributed by atoms with Gasteiger partial charge in [-0.2, -0.15) is 5.10 Å². The van der Waals surface area contributed by atoms with Gasteiger partial charge in [-0.15, -0.1) is 0 Å². The minimum atomic E-state index is -0.404. The molecular formula is C22H19N5O3. The van der Waals surface area contributed by atoms with Gasteiger partial charge in [0.1, 0.15) is 0 Å². The molecule has 150 valence electrons. The Hall–Kier alpha value is -4.20. The van der Waals surface area contributed by atoms with Crippen molar-refractivity contribution in [1.29, 1.82) is 0 Å². The molecule has 0 saturated heterocycles. The lowest BCUT2D eigenvalue weighted by Crippen LogP contribution is -2.15. The number of rotatable bonds is 6. The molecule has 8 heteroatoms. The molecule has 0 fully saturated rings. The predicted octanol–water partition coefficient (Wildman–Crippen LogP) is 3.23. The van der Waals surface area contributed by atoms with Gasteiger partial charge in [0.15, 0.2) is 0 Å². The Morgan fingerprint density at radius 1 is 1.10 bits per heavy atom. The van der Waals surface area contributed by atoms with Crippen LogP contribution in [0, 0.1) is 0 Å². The molecule has 2 aromatic heterocycles. The molecule has 1 amide bonds. The van der Waals surface area contributed by atoms with Gasteiger partial charge >= 0.3 is 5.97 Å². The first kappa shape index (κ1) is 19.1. The first-order chi connectivity index (χ1) is 14.6. The number of carbonyl (C=O) groups is 2. The number of nitrogens with one attached hydrogen (secondary N) is 2. The summed E-state index contributed by atoms with van der Waals surface area (Å²) in [4.78, 5) is 29.0. The van der Waals surface area contributed by atoms with Crippen LogP contribution in [0.25, 0.3) is 16.8 Å². The van der Waals surface area contributed by atoms with Crippen LogP contribution in [-0.4, -0.2) is 38.7 Å². The Kier molecular flexibility index (Phi) is 5.38. The van der Waals surface area contributed by atoms with Crippen molar-refractivity contribution >= 4 is 17.8 Å². The summed E-state index contributed by atoms with van der Waals surface area (Å²) in [7, 11) is 1.33. The molecule has 0 radical (unpaired) electrons. The number of imidazole rings is 1. The number of nitrogens with zero attached hydrogens (tertiary/aromatic N) is 3. The number of esters is 1. The van der Waals surface area contributed by atoms with Crippen molar-refractivity contribution in [2.24, 2.45) is 0 Å². The molecule has 0 aliphatic heterocycles. The number of carbonyl (C=O) groups excluding carboxylic acids is 2. The molecular weight excluding hydrogens is 382 g/mol. The third-order valence-electron chi connectivity index (χ3n) is 4.52. The van der Waals surface area contributed by atoms with Gasteiger partial charge in [0.25, 0.3) is 5.91 Å². The van der Waals surface area contributed by atoms with Crippen LogP contribution in [0.1, 0.15) is 16.1 Å². The maximum absolute atomic E-state index is 12.9. The summed E-state index contributed by atoms with van der Waals surface area (Å²) >= 11 is 0. The SMILES string of the molecule is COC(=O)Cc1cn(-c2ccccc2)c(NC(=O)c2cccc(-c3cn[nH]c3)c2)n1. The molecule has 0 spiro atoms. The van der Waals surface area contributed by atoms with Crippen molar-refractivity contribution in [2.45, 2.75) is 6.42 Å². The molecule has 0 unspecified atom stereocenters. The van der Waals surface area contributed by atoms with Crippen LogP contribution in [0.5, 0.6) is 0 Å². The van der Waals surface area contributed by atoms with Gasteiger partial charge in [0.05, 0.1) is 25.4 Å². The van der Waals surface area contributed by atoms with E-state index in [2.05, 4.69) is 20.5 Å². The van der Waals surface area contributed by atoms with E-state index in [1.165, 1.54) is 7.11 Å². The maximum Gasteiger partial charge on any atom is 0.311 e. The second kappa shape index (κ2) is 8.44. The third-order valence-corrected chi connectivity index (χ3v) is 4.52. The van der Waals surface area contributed by atoms with E-state index in [9.17, 15) is 9.59 Å². The summed E-state index contributed by atoms with van der Waals surface area (Å²) in [5.41, 5.74) is 3.53. The highest BCUT2D eigenvalue weighted by Gasteiger charge is 2.16. The van der Waals surface area contributed by atoms with Crippen LogP contribution in [0.3, 0.4) is 0 Å². The van der Waals surface area contributed by atoms with Gasteiger partial charge < -0.3 is 4.74 Å². The average Bonchev–Trinajstić information content (AvgIpc) is 3.45. The number of benzene rings is 2. The maximum atomic E-state index is 12.9. The Morgan fingerprint density at radius 3 is 2.67 bits per heavy atom. The Balaban J connectivity index is 1.64. The minimum Gasteiger partial charge on any atom is -0.469 e. The normalized spacial score (nSPS) is 10.6.